The summed E-state index contributed by atoms with van der Waals surface area (Å²) in [6, 6.07) is 13.3. The quantitative estimate of drug-likeness (QED) is 0.219. The number of methoxy groups -OCH3 is 1. The van der Waals surface area contributed by atoms with Gasteiger partial charge in [0.1, 0.15) is 11.5 Å². The summed E-state index contributed by atoms with van der Waals surface area (Å²) in [6.45, 7) is 3.69. The monoisotopic (exact) mass is 395 g/mol. The number of hydrazone groups is 1. The van der Waals surface area contributed by atoms with Crippen molar-refractivity contribution in [2.45, 2.75) is 17.3 Å². The van der Waals surface area contributed by atoms with Gasteiger partial charge in [-0.25, -0.2) is 10.5 Å². The molecule has 0 radical (unpaired) electrons. The Labute approximate surface area is 167 Å². The van der Waals surface area contributed by atoms with Gasteiger partial charge < -0.3 is 9.84 Å². The number of nitrogens with one attached hydrogen (secondary N) is 2. The highest BCUT2D eigenvalue weighted by Gasteiger charge is 2.07. The van der Waals surface area contributed by atoms with Gasteiger partial charge in [-0.05, 0) is 24.1 Å². The molecule has 0 unspecified atom stereocenters. The molecule has 3 aromatic rings. The Balaban J connectivity index is 1.58. The van der Waals surface area contributed by atoms with Crippen molar-refractivity contribution in [3.05, 3.63) is 71.8 Å². The summed E-state index contributed by atoms with van der Waals surface area (Å²) >= 11 is 1.49. The van der Waals surface area contributed by atoms with Gasteiger partial charge in [0.2, 0.25) is 11.1 Å². The Morgan fingerprint density at radius 2 is 2.07 bits per heavy atom. The number of aromatic amines is 1. The number of para-hydroxylation sites is 2. The number of thioether (sulfide) groups is 1. The molecule has 0 saturated carbocycles. The Bertz CT molecular complexity index is 971. The van der Waals surface area contributed by atoms with Gasteiger partial charge in [-0.1, -0.05) is 48.2 Å². The number of phenolic OH excluding ortho intramolecular Hbond substituents is 1. The Kier molecular flexibility index (Phi) is 6.69. The summed E-state index contributed by atoms with van der Waals surface area (Å²) in [5.74, 6) is 2.14. The average molecular weight is 395 g/mol. The zero-order valence-corrected chi connectivity index (χ0v) is 16.2. The fraction of sp³-hybridized carbons (Fsp3) is 0.150. The smallest absolute Gasteiger partial charge is 0.240 e. The van der Waals surface area contributed by atoms with E-state index in [-0.39, 0.29) is 5.75 Å². The minimum absolute atomic E-state index is 0.193. The molecule has 0 aliphatic heterocycles. The van der Waals surface area contributed by atoms with Gasteiger partial charge in [-0.15, -0.1) is 11.7 Å². The van der Waals surface area contributed by atoms with E-state index in [0.717, 1.165) is 16.9 Å². The van der Waals surface area contributed by atoms with Crippen LogP contribution in [0.2, 0.25) is 0 Å². The fourth-order valence-electron chi connectivity index (χ4n) is 2.52. The zero-order chi connectivity index (χ0) is 19.8. The van der Waals surface area contributed by atoms with Crippen molar-refractivity contribution in [2.24, 2.45) is 5.10 Å². The standard InChI is InChI=1S/C20H21N5O2S/c1-3-7-14-9-6-10-15(18(14)26)12-21-23-19-22-20(25-24-19)28-13-16-8-4-5-11-17(16)27-2/h3-6,8-12,26H,1,7,13H2,2H3,(H2,22,23,24,25)/b21-12+. The number of phenols is 1. The van der Waals surface area contributed by atoms with Crippen LogP contribution < -0.4 is 10.2 Å². The molecule has 7 nitrogen and oxygen atoms in total. The molecule has 2 aromatic carbocycles. The molecule has 0 spiro atoms. The fourth-order valence-corrected chi connectivity index (χ4v) is 3.31. The van der Waals surface area contributed by atoms with Crippen LogP contribution in [0.3, 0.4) is 0 Å². The van der Waals surface area contributed by atoms with E-state index in [1.54, 1.807) is 19.3 Å². The Hall–Kier alpha value is -3.26. The van der Waals surface area contributed by atoms with Crippen molar-refractivity contribution >= 4 is 23.9 Å². The Morgan fingerprint density at radius 1 is 1.25 bits per heavy atom. The molecule has 0 amide bonds. The van der Waals surface area contributed by atoms with Gasteiger partial charge >= 0.3 is 0 Å². The molecule has 3 N–H and O–H groups in total. The summed E-state index contributed by atoms with van der Waals surface area (Å²) < 4.78 is 5.35. The Morgan fingerprint density at radius 3 is 2.89 bits per heavy atom. The first kappa shape index (κ1) is 19.5. The maximum atomic E-state index is 10.2. The molecular weight excluding hydrogens is 374 g/mol. The third-order valence-electron chi connectivity index (χ3n) is 3.90. The van der Waals surface area contributed by atoms with E-state index in [0.29, 0.717) is 28.8 Å². The summed E-state index contributed by atoms with van der Waals surface area (Å²) in [6.07, 6.45) is 3.87. The number of ether oxygens (including phenoxy) is 1. The topological polar surface area (TPSA) is 95.4 Å². The maximum Gasteiger partial charge on any atom is 0.240 e. The lowest BCUT2D eigenvalue weighted by molar-refractivity contribution is 0.411. The number of H-pyrrole nitrogens is 1. The first-order valence-corrected chi connectivity index (χ1v) is 9.57. The summed E-state index contributed by atoms with van der Waals surface area (Å²) in [7, 11) is 1.65. The van der Waals surface area contributed by atoms with Crippen LogP contribution in [0.5, 0.6) is 11.5 Å². The lowest BCUT2D eigenvalue weighted by atomic mass is 10.1. The first-order valence-electron chi connectivity index (χ1n) is 8.59. The van der Waals surface area contributed by atoms with Crippen molar-refractivity contribution in [1.82, 2.24) is 15.2 Å². The van der Waals surface area contributed by atoms with Crippen molar-refractivity contribution in [1.29, 1.82) is 0 Å². The number of aromatic nitrogens is 3. The van der Waals surface area contributed by atoms with E-state index in [1.807, 2.05) is 36.4 Å². The summed E-state index contributed by atoms with van der Waals surface area (Å²) in [5, 5.41) is 21.9. The number of aromatic hydroxyl groups is 1. The van der Waals surface area contributed by atoms with Crippen molar-refractivity contribution < 1.29 is 9.84 Å². The predicted molar refractivity (Wildman–Crippen MR) is 112 cm³/mol. The van der Waals surface area contributed by atoms with Gasteiger partial charge in [0.15, 0.2) is 0 Å². The second kappa shape index (κ2) is 9.61. The highest BCUT2D eigenvalue weighted by Crippen LogP contribution is 2.26. The summed E-state index contributed by atoms with van der Waals surface area (Å²) in [5.41, 5.74) is 5.26. The number of anilines is 1. The number of nitrogens with zero attached hydrogens (tertiary/aromatic N) is 3. The largest absolute Gasteiger partial charge is 0.507 e. The SMILES string of the molecule is C=CCc1cccc(/C=N/Nc2nc(SCc3ccccc3OC)n[nH]2)c1O. The van der Waals surface area contributed by atoms with Crippen LogP contribution in [0.15, 0.2) is 65.4 Å². The number of benzene rings is 2. The second-order valence-electron chi connectivity index (χ2n) is 5.78. The van der Waals surface area contributed by atoms with E-state index in [9.17, 15) is 5.11 Å². The van der Waals surface area contributed by atoms with E-state index in [4.69, 9.17) is 4.74 Å². The second-order valence-corrected chi connectivity index (χ2v) is 6.73. The summed E-state index contributed by atoms with van der Waals surface area (Å²) in [4.78, 5) is 4.34. The molecule has 0 saturated heterocycles. The van der Waals surface area contributed by atoms with E-state index in [2.05, 4.69) is 32.3 Å². The van der Waals surface area contributed by atoms with Crippen LogP contribution in [0, 0.1) is 0 Å². The molecule has 0 aliphatic rings. The number of rotatable bonds is 9. The molecule has 0 atom stereocenters. The normalized spacial score (nSPS) is 10.9. The minimum Gasteiger partial charge on any atom is -0.507 e. The molecule has 0 aliphatic carbocycles. The third-order valence-corrected chi connectivity index (χ3v) is 4.80. The van der Waals surface area contributed by atoms with Crippen LogP contribution in [0.1, 0.15) is 16.7 Å². The first-order chi connectivity index (χ1) is 13.7. The number of hydrogen-bond donors (Lipinski definition) is 3. The molecule has 28 heavy (non-hydrogen) atoms. The third kappa shape index (κ3) is 4.92. The molecule has 8 heteroatoms. The van der Waals surface area contributed by atoms with Crippen LogP contribution in [-0.4, -0.2) is 33.6 Å². The van der Waals surface area contributed by atoms with Crippen LogP contribution in [0.4, 0.5) is 5.95 Å². The predicted octanol–water partition coefficient (Wildman–Crippen LogP) is 3.99. The van der Waals surface area contributed by atoms with Gasteiger partial charge in [0.05, 0.1) is 13.3 Å². The average Bonchev–Trinajstić information content (AvgIpc) is 3.17. The number of allylic oxidation sites excluding steroid dienone is 1. The molecule has 1 aromatic heterocycles. The highest BCUT2D eigenvalue weighted by molar-refractivity contribution is 7.98. The van der Waals surface area contributed by atoms with Gasteiger partial charge in [-0.2, -0.15) is 10.1 Å². The van der Waals surface area contributed by atoms with Gasteiger partial charge in [0.25, 0.3) is 0 Å². The van der Waals surface area contributed by atoms with Crippen LogP contribution in [-0.2, 0) is 12.2 Å². The molecule has 0 fully saturated rings. The van der Waals surface area contributed by atoms with E-state index < -0.39 is 0 Å². The van der Waals surface area contributed by atoms with Crippen molar-refractivity contribution in [2.75, 3.05) is 12.5 Å². The lowest BCUT2D eigenvalue weighted by Crippen LogP contribution is -1.94. The zero-order valence-electron chi connectivity index (χ0n) is 15.4. The molecular formula is C20H21N5O2S. The lowest BCUT2D eigenvalue weighted by Gasteiger charge is -2.05. The van der Waals surface area contributed by atoms with Crippen molar-refractivity contribution in [3.8, 4) is 11.5 Å². The molecule has 1 heterocycles. The van der Waals surface area contributed by atoms with Gasteiger partial charge in [-0.3, -0.25) is 0 Å². The maximum absolute atomic E-state index is 10.2. The van der Waals surface area contributed by atoms with Crippen molar-refractivity contribution in [3.63, 3.8) is 0 Å². The van der Waals surface area contributed by atoms with Crippen LogP contribution in [0.25, 0.3) is 0 Å². The highest BCUT2D eigenvalue weighted by atomic mass is 32.2. The minimum atomic E-state index is 0.193. The number of hydrogen-bond acceptors (Lipinski definition) is 7. The van der Waals surface area contributed by atoms with Crippen LogP contribution >= 0.6 is 11.8 Å². The van der Waals surface area contributed by atoms with Gasteiger partial charge in [0, 0.05) is 16.9 Å². The van der Waals surface area contributed by atoms with E-state index in [1.165, 1.54) is 18.0 Å². The molecule has 144 valence electrons. The molecule has 0 bridgehead atoms. The van der Waals surface area contributed by atoms with E-state index >= 15 is 0 Å². The molecule has 3 rings (SSSR count).